The molecule has 1 amide bonds. The number of Topliss-reactive ketones (excluding diaryl/α,β-unsaturated/α-hetero) is 1. The van der Waals surface area contributed by atoms with Crippen LogP contribution >= 0.6 is 0 Å². The van der Waals surface area contributed by atoms with Crippen LogP contribution in [0.25, 0.3) is 5.76 Å². The molecule has 0 radical (unpaired) electrons. The predicted molar refractivity (Wildman–Crippen MR) is 138 cm³/mol. The van der Waals surface area contributed by atoms with E-state index in [0.29, 0.717) is 28.1 Å². The first-order valence-electron chi connectivity index (χ1n) is 11.8. The molecular formula is C29H28N2O6. The van der Waals surface area contributed by atoms with Crippen molar-refractivity contribution >= 4 is 29.1 Å². The largest absolute Gasteiger partial charge is 0.507 e. The van der Waals surface area contributed by atoms with Crippen molar-refractivity contribution < 1.29 is 29.0 Å². The summed E-state index contributed by atoms with van der Waals surface area (Å²) in [4.78, 5) is 44.4. The number of hydrogen-bond acceptors (Lipinski definition) is 7. The fourth-order valence-corrected chi connectivity index (χ4v) is 4.55. The number of pyridine rings is 1. The third-order valence-electron chi connectivity index (χ3n) is 6.07. The van der Waals surface area contributed by atoms with E-state index in [1.807, 2.05) is 19.9 Å². The zero-order valence-corrected chi connectivity index (χ0v) is 21.3. The highest BCUT2D eigenvalue weighted by atomic mass is 16.5. The molecule has 1 saturated heterocycles. The normalized spacial score (nSPS) is 16.8. The zero-order chi connectivity index (χ0) is 26.9. The lowest BCUT2D eigenvalue weighted by Gasteiger charge is -2.25. The monoisotopic (exact) mass is 500 g/mol. The number of nitrogens with zero attached hydrogens (tertiary/aromatic N) is 2. The maximum absolute atomic E-state index is 13.4. The van der Waals surface area contributed by atoms with Gasteiger partial charge in [0.05, 0.1) is 36.0 Å². The highest BCUT2D eigenvalue weighted by molar-refractivity contribution is 6.51. The van der Waals surface area contributed by atoms with Crippen LogP contribution < -0.4 is 9.64 Å². The average Bonchev–Trinajstić information content (AvgIpc) is 3.13. The number of ether oxygens (including phenoxy) is 2. The summed E-state index contributed by atoms with van der Waals surface area (Å²) < 4.78 is 10.8. The van der Waals surface area contributed by atoms with Crippen LogP contribution in [-0.4, -0.2) is 41.0 Å². The molecule has 1 aliphatic rings. The Bertz CT molecular complexity index is 1390. The third kappa shape index (κ3) is 4.82. The molecule has 37 heavy (non-hydrogen) atoms. The molecule has 0 bridgehead atoms. The van der Waals surface area contributed by atoms with Gasteiger partial charge in [-0.3, -0.25) is 19.5 Å². The SMILES string of the molecule is COc1c(C)cc(C)cc1/C(O)=C1\C(=O)C(=O)N(c2ccc(C(=O)OC(C)C)cc2)C1c1ccncc1. The molecule has 8 heteroatoms. The molecule has 0 aliphatic carbocycles. The smallest absolute Gasteiger partial charge is 0.338 e. The van der Waals surface area contributed by atoms with Crippen LogP contribution in [0, 0.1) is 13.8 Å². The van der Waals surface area contributed by atoms with Crippen LogP contribution in [0.5, 0.6) is 5.75 Å². The van der Waals surface area contributed by atoms with Crippen molar-refractivity contribution in [3.63, 3.8) is 0 Å². The third-order valence-corrected chi connectivity index (χ3v) is 6.07. The number of aryl methyl sites for hydroxylation is 2. The molecular weight excluding hydrogens is 472 g/mol. The lowest BCUT2D eigenvalue weighted by molar-refractivity contribution is -0.132. The van der Waals surface area contributed by atoms with Crippen LogP contribution in [0.15, 0.2) is 66.5 Å². The van der Waals surface area contributed by atoms with Crippen LogP contribution in [0.1, 0.15) is 52.5 Å². The summed E-state index contributed by atoms with van der Waals surface area (Å²) in [5, 5.41) is 11.5. The highest BCUT2D eigenvalue weighted by Crippen LogP contribution is 2.43. The van der Waals surface area contributed by atoms with Crippen molar-refractivity contribution in [3.05, 3.63) is 94.3 Å². The summed E-state index contributed by atoms with van der Waals surface area (Å²) in [6, 6.07) is 12.3. The molecule has 1 N–H and O–H groups in total. The molecule has 0 spiro atoms. The maximum atomic E-state index is 13.4. The van der Waals surface area contributed by atoms with Gasteiger partial charge in [0.25, 0.3) is 11.7 Å². The van der Waals surface area contributed by atoms with Gasteiger partial charge in [0.1, 0.15) is 11.5 Å². The minimum absolute atomic E-state index is 0.0669. The fourth-order valence-electron chi connectivity index (χ4n) is 4.55. The van der Waals surface area contributed by atoms with Gasteiger partial charge in [-0.1, -0.05) is 6.07 Å². The van der Waals surface area contributed by atoms with E-state index >= 15 is 0 Å². The zero-order valence-electron chi connectivity index (χ0n) is 21.3. The minimum Gasteiger partial charge on any atom is -0.507 e. The predicted octanol–water partition coefficient (Wildman–Crippen LogP) is 4.90. The number of hydrogen-bond donors (Lipinski definition) is 1. The van der Waals surface area contributed by atoms with Gasteiger partial charge in [0.15, 0.2) is 0 Å². The molecule has 0 saturated carbocycles. The van der Waals surface area contributed by atoms with Crippen LogP contribution in [-0.2, 0) is 14.3 Å². The number of aliphatic hydroxyl groups excluding tert-OH is 1. The number of rotatable bonds is 6. The number of aromatic nitrogens is 1. The quantitative estimate of drug-likeness (QED) is 0.222. The van der Waals surface area contributed by atoms with Crippen molar-refractivity contribution in [2.24, 2.45) is 0 Å². The van der Waals surface area contributed by atoms with E-state index in [-0.39, 0.29) is 17.4 Å². The van der Waals surface area contributed by atoms with E-state index in [4.69, 9.17) is 9.47 Å². The Morgan fingerprint density at radius 1 is 1.03 bits per heavy atom. The molecule has 190 valence electrons. The number of aliphatic hydroxyl groups is 1. The van der Waals surface area contributed by atoms with E-state index in [9.17, 15) is 19.5 Å². The number of benzene rings is 2. The Labute approximate surface area is 215 Å². The molecule has 1 atom stereocenters. The van der Waals surface area contributed by atoms with E-state index in [1.165, 1.54) is 24.1 Å². The summed E-state index contributed by atoms with van der Waals surface area (Å²) >= 11 is 0. The lowest BCUT2D eigenvalue weighted by Crippen LogP contribution is -2.29. The maximum Gasteiger partial charge on any atom is 0.338 e. The number of carbonyl (C=O) groups is 3. The van der Waals surface area contributed by atoms with Crippen LogP contribution in [0.3, 0.4) is 0 Å². The molecule has 1 unspecified atom stereocenters. The van der Waals surface area contributed by atoms with E-state index in [1.54, 1.807) is 56.6 Å². The van der Waals surface area contributed by atoms with Crippen molar-refractivity contribution in [1.29, 1.82) is 0 Å². The molecule has 3 aromatic rings. The minimum atomic E-state index is -0.929. The first-order chi connectivity index (χ1) is 17.6. The van der Waals surface area contributed by atoms with E-state index in [0.717, 1.165) is 11.1 Å². The second-order valence-corrected chi connectivity index (χ2v) is 9.11. The van der Waals surface area contributed by atoms with Crippen molar-refractivity contribution in [2.45, 2.75) is 39.8 Å². The number of esters is 1. The Balaban J connectivity index is 1.88. The summed E-state index contributed by atoms with van der Waals surface area (Å²) in [6.07, 6.45) is 2.83. The fraction of sp³-hybridized carbons (Fsp3) is 0.241. The molecule has 1 aliphatic heterocycles. The Kier molecular flexibility index (Phi) is 7.11. The number of ketones is 1. The van der Waals surface area contributed by atoms with E-state index in [2.05, 4.69) is 4.98 Å². The molecule has 2 heterocycles. The van der Waals surface area contributed by atoms with Gasteiger partial charge in [-0.15, -0.1) is 0 Å². The number of amides is 1. The summed E-state index contributed by atoms with van der Waals surface area (Å²) in [7, 11) is 1.49. The van der Waals surface area contributed by atoms with Gasteiger partial charge >= 0.3 is 5.97 Å². The standard InChI is InChI=1S/C29H28N2O6/c1-16(2)37-29(35)20-6-8-21(9-7-20)31-24(19-10-12-30-13-11-19)23(26(33)28(31)34)25(32)22-15-17(3)14-18(4)27(22)36-5/h6-16,24,32H,1-5H3/b25-23+. The summed E-state index contributed by atoms with van der Waals surface area (Å²) in [6.45, 7) is 7.22. The number of carbonyl (C=O) groups excluding carboxylic acids is 3. The van der Waals surface area contributed by atoms with Gasteiger partial charge in [0.2, 0.25) is 0 Å². The lowest BCUT2D eigenvalue weighted by atomic mass is 9.94. The van der Waals surface area contributed by atoms with Crippen molar-refractivity contribution in [2.75, 3.05) is 12.0 Å². The molecule has 8 nitrogen and oxygen atoms in total. The number of anilines is 1. The van der Waals surface area contributed by atoms with Gasteiger partial charge in [-0.2, -0.15) is 0 Å². The van der Waals surface area contributed by atoms with Gasteiger partial charge in [-0.05, 0) is 86.8 Å². The van der Waals surface area contributed by atoms with Crippen LogP contribution in [0.4, 0.5) is 5.69 Å². The summed E-state index contributed by atoms with van der Waals surface area (Å²) in [5.74, 6) is -2.04. The van der Waals surface area contributed by atoms with Gasteiger partial charge < -0.3 is 14.6 Å². The average molecular weight is 501 g/mol. The molecule has 2 aromatic carbocycles. The highest BCUT2D eigenvalue weighted by Gasteiger charge is 2.47. The van der Waals surface area contributed by atoms with Crippen LogP contribution in [0.2, 0.25) is 0 Å². The van der Waals surface area contributed by atoms with Crippen molar-refractivity contribution in [3.8, 4) is 5.75 Å². The second-order valence-electron chi connectivity index (χ2n) is 9.11. The molecule has 4 rings (SSSR count). The first kappa shape index (κ1) is 25.6. The topological polar surface area (TPSA) is 106 Å². The first-order valence-corrected chi connectivity index (χ1v) is 11.8. The Morgan fingerprint density at radius 3 is 2.27 bits per heavy atom. The molecule has 1 fully saturated rings. The number of methoxy groups -OCH3 is 1. The Morgan fingerprint density at radius 2 is 1.68 bits per heavy atom. The molecule has 1 aromatic heterocycles. The van der Waals surface area contributed by atoms with Crippen molar-refractivity contribution in [1.82, 2.24) is 4.98 Å². The summed E-state index contributed by atoms with van der Waals surface area (Å²) in [5.41, 5.74) is 3.18. The second kappa shape index (κ2) is 10.3. The Hall–Kier alpha value is -4.46. The van der Waals surface area contributed by atoms with Gasteiger partial charge in [0, 0.05) is 18.1 Å². The van der Waals surface area contributed by atoms with E-state index < -0.39 is 23.7 Å². The van der Waals surface area contributed by atoms with Gasteiger partial charge in [-0.25, -0.2) is 4.79 Å².